The number of rotatable bonds is 3. The summed E-state index contributed by atoms with van der Waals surface area (Å²) >= 11 is 12.4. The lowest BCUT2D eigenvalue weighted by molar-refractivity contribution is -0.132. The lowest BCUT2D eigenvalue weighted by atomic mass is 10.0. The van der Waals surface area contributed by atoms with E-state index in [0.717, 1.165) is 11.3 Å². The molecule has 0 unspecified atom stereocenters. The zero-order valence-corrected chi connectivity index (χ0v) is 15.7. The van der Waals surface area contributed by atoms with E-state index in [9.17, 15) is 14.7 Å². The highest BCUT2D eigenvalue weighted by molar-refractivity contribution is 6.36. The van der Waals surface area contributed by atoms with Crippen molar-refractivity contribution in [2.75, 3.05) is 11.4 Å². The van der Waals surface area contributed by atoms with Crippen molar-refractivity contribution in [3.63, 3.8) is 0 Å². The van der Waals surface area contributed by atoms with E-state index in [1.165, 1.54) is 0 Å². The number of aliphatic carboxylic acids is 1. The monoisotopic (exact) mass is 399 g/mol. The summed E-state index contributed by atoms with van der Waals surface area (Å²) in [5.74, 6) is -1.13. The molecule has 0 saturated carbocycles. The van der Waals surface area contributed by atoms with Gasteiger partial charge in [-0.05, 0) is 47.9 Å². The number of benzene rings is 2. The summed E-state index contributed by atoms with van der Waals surface area (Å²) in [7, 11) is 0. The average Bonchev–Trinajstić information content (AvgIpc) is 3.17. The molecule has 2 aliphatic rings. The fourth-order valence-electron chi connectivity index (χ4n) is 3.63. The molecule has 2 aromatic rings. The van der Waals surface area contributed by atoms with Crippen LogP contribution in [-0.2, 0) is 16.0 Å². The van der Waals surface area contributed by atoms with Crippen LogP contribution >= 0.6 is 23.2 Å². The van der Waals surface area contributed by atoms with Crippen LogP contribution in [0.3, 0.4) is 0 Å². The number of hydrogen-bond acceptors (Lipinski definition) is 2. The fraction of sp³-hybridized carbons (Fsp3) is 0.143. The van der Waals surface area contributed by atoms with Gasteiger partial charge in [-0.2, -0.15) is 0 Å². The summed E-state index contributed by atoms with van der Waals surface area (Å²) in [6.45, 7) is 0.561. The van der Waals surface area contributed by atoms with Crippen molar-refractivity contribution in [2.24, 2.45) is 0 Å². The minimum atomic E-state index is -1.02. The molecule has 1 aliphatic carbocycles. The van der Waals surface area contributed by atoms with Gasteiger partial charge < -0.3 is 10.0 Å². The van der Waals surface area contributed by atoms with Crippen molar-refractivity contribution >= 4 is 46.3 Å². The molecule has 1 fully saturated rings. The van der Waals surface area contributed by atoms with Crippen LogP contribution in [0.25, 0.3) is 5.57 Å². The number of allylic oxidation sites excluding steroid dienone is 2. The third kappa shape index (κ3) is 3.15. The molecule has 0 radical (unpaired) electrons. The van der Waals surface area contributed by atoms with Gasteiger partial charge in [-0.15, -0.1) is 0 Å². The fourth-order valence-corrected chi connectivity index (χ4v) is 4.27. The van der Waals surface area contributed by atoms with Gasteiger partial charge in [0.15, 0.2) is 0 Å². The van der Waals surface area contributed by atoms with Crippen LogP contribution in [0, 0.1) is 0 Å². The Morgan fingerprint density at radius 1 is 1.15 bits per heavy atom. The summed E-state index contributed by atoms with van der Waals surface area (Å²) in [4.78, 5) is 26.3. The van der Waals surface area contributed by atoms with Crippen molar-refractivity contribution in [1.29, 1.82) is 0 Å². The van der Waals surface area contributed by atoms with Crippen molar-refractivity contribution < 1.29 is 14.7 Å². The SMILES string of the molecule is O=C(O)C1=C(/C=C2\CCN(c3ccccc3)C2=O)c2c(Cl)cc(Cl)cc2C1. The van der Waals surface area contributed by atoms with Crippen molar-refractivity contribution in [3.8, 4) is 0 Å². The predicted molar refractivity (Wildman–Crippen MR) is 106 cm³/mol. The molecule has 0 bridgehead atoms. The molecule has 27 heavy (non-hydrogen) atoms. The Labute approximate surface area is 166 Å². The minimum Gasteiger partial charge on any atom is -0.478 e. The van der Waals surface area contributed by atoms with Crippen LogP contribution in [-0.4, -0.2) is 23.5 Å². The Bertz CT molecular complexity index is 1030. The first kappa shape index (κ1) is 17.8. The Kier molecular flexibility index (Phi) is 4.54. The van der Waals surface area contributed by atoms with E-state index in [1.54, 1.807) is 23.1 Å². The van der Waals surface area contributed by atoms with Gasteiger partial charge in [0.05, 0.1) is 5.02 Å². The molecule has 4 rings (SSSR count). The largest absolute Gasteiger partial charge is 0.478 e. The Balaban J connectivity index is 1.76. The van der Waals surface area contributed by atoms with E-state index >= 15 is 0 Å². The van der Waals surface area contributed by atoms with Crippen LogP contribution in [0.2, 0.25) is 10.0 Å². The number of carbonyl (C=O) groups excluding carboxylic acids is 1. The van der Waals surface area contributed by atoms with Gasteiger partial charge in [-0.25, -0.2) is 4.79 Å². The topological polar surface area (TPSA) is 57.6 Å². The normalized spacial score (nSPS) is 17.8. The van der Waals surface area contributed by atoms with Gasteiger partial charge >= 0.3 is 5.97 Å². The molecule has 1 aliphatic heterocycles. The zero-order valence-electron chi connectivity index (χ0n) is 14.2. The number of nitrogens with zero attached hydrogens (tertiary/aromatic N) is 1. The number of amides is 1. The molecule has 0 spiro atoms. The highest BCUT2D eigenvalue weighted by Crippen LogP contribution is 2.41. The maximum Gasteiger partial charge on any atom is 0.332 e. The van der Waals surface area contributed by atoms with Crippen LogP contribution in [0.4, 0.5) is 5.69 Å². The highest BCUT2D eigenvalue weighted by atomic mass is 35.5. The lowest BCUT2D eigenvalue weighted by Gasteiger charge is -2.14. The second-order valence-corrected chi connectivity index (χ2v) is 7.35. The molecule has 0 atom stereocenters. The third-order valence-electron chi connectivity index (χ3n) is 4.87. The van der Waals surface area contributed by atoms with Crippen LogP contribution in [0.1, 0.15) is 17.5 Å². The molecule has 6 heteroatoms. The van der Waals surface area contributed by atoms with E-state index in [4.69, 9.17) is 23.2 Å². The van der Waals surface area contributed by atoms with Crippen molar-refractivity contribution in [1.82, 2.24) is 0 Å². The number of carboxylic acid groups (broad SMARTS) is 1. The number of halogens is 2. The molecular formula is C21H15Cl2NO3. The van der Waals surface area contributed by atoms with Crippen LogP contribution in [0.5, 0.6) is 0 Å². The smallest absolute Gasteiger partial charge is 0.332 e. The predicted octanol–water partition coefficient (Wildman–Crippen LogP) is 4.75. The summed E-state index contributed by atoms with van der Waals surface area (Å²) in [6, 6.07) is 12.7. The molecule has 2 aromatic carbocycles. The quantitative estimate of drug-likeness (QED) is 0.757. The van der Waals surface area contributed by atoms with E-state index in [2.05, 4.69) is 0 Å². The molecule has 136 valence electrons. The van der Waals surface area contributed by atoms with Crippen LogP contribution < -0.4 is 4.90 Å². The highest BCUT2D eigenvalue weighted by Gasteiger charge is 2.31. The standard InChI is InChI=1S/C21H15Cl2NO3/c22-14-8-13-10-17(21(26)27)16(19(13)18(23)11-14)9-12-6-7-24(20(12)25)15-4-2-1-3-5-15/h1-5,8-9,11H,6-7,10H2,(H,26,27)/b12-9+. The third-order valence-corrected chi connectivity index (χ3v) is 5.38. The van der Waals surface area contributed by atoms with Gasteiger partial charge in [0.25, 0.3) is 5.91 Å². The lowest BCUT2D eigenvalue weighted by Crippen LogP contribution is -2.24. The number of carboxylic acids is 1. The Hall–Kier alpha value is -2.56. The van der Waals surface area contributed by atoms with Crippen LogP contribution in [0.15, 0.2) is 59.7 Å². The maximum atomic E-state index is 12.9. The molecule has 1 heterocycles. The van der Waals surface area contributed by atoms with Gasteiger partial charge in [-0.1, -0.05) is 41.4 Å². The minimum absolute atomic E-state index is 0.114. The first-order valence-corrected chi connectivity index (χ1v) is 9.23. The second-order valence-electron chi connectivity index (χ2n) is 6.51. The number of carbonyl (C=O) groups is 2. The first-order valence-electron chi connectivity index (χ1n) is 8.48. The van der Waals surface area contributed by atoms with E-state index < -0.39 is 5.97 Å². The van der Waals surface area contributed by atoms with E-state index in [-0.39, 0.29) is 17.9 Å². The second kappa shape index (κ2) is 6.87. The Morgan fingerprint density at radius 2 is 1.89 bits per heavy atom. The molecular weight excluding hydrogens is 385 g/mol. The summed E-state index contributed by atoms with van der Waals surface area (Å²) in [5.41, 5.74) is 3.55. The summed E-state index contributed by atoms with van der Waals surface area (Å²) in [5, 5.41) is 10.5. The molecule has 1 N–H and O–H groups in total. The number of anilines is 1. The van der Waals surface area contributed by atoms with Gasteiger partial charge in [-0.3, -0.25) is 4.79 Å². The molecule has 1 saturated heterocycles. The van der Waals surface area contributed by atoms with Crippen molar-refractivity contribution in [3.05, 3.63) is 80.9 Å². The van der Waals surface area contributed by atoms with Gasteiger partial charge in [0, 0.05) is 40.4 Å². The van der Waals surface area contributed by atoms with E-state index in [0.29, 0.717) is 39.7 Å². The zero-order chi connectivity index (χ0) is 19.1. The van der Waals surface area contributed by atoms with E-state index in [1.807, 2.05) is 30.3 Å². The number of fused-ring (bicyclic) bond motifs is 1. The molecule has 4 nitrogen and oxygen atoms in total. The summed E-state index contributed by atoms with van der Waals surface area (Å²) in [6.07, 6.45) is 2.46. The van der Waals surface area contributed by atoms with Gasteiger partial charge in [0.1, 0.15) is 0 Å². The summed E-state index contributed by atoms with van der Waals surface area (Å²) < 4.78 is 0. The maximum absolute atomic E-state index is 12.9. The Morgan fingerprint density at radius 3 is 2.59 bits per heavy atom. The number of hydrogen-bond donors (Lipinski definition) is 1. The van der Waals surface area contributed by atoms with Gasteiger partial charge in [0.2, 0.25) is 0 Å². The molecule has 1 amide bonds. The first-order chi connectivity index (χ1) is 13.0. The van der Waals surface area contributed by atoms with Crippen molar-refractivity contribution in [2.45, 2.75) is 12.8 Å². The number of para-hydroxylation sites is 1. The molecule has 0 aromatic heterocycles. The average molecular weight is 400 g/mol.